The van der Waals surface area contributed by atoms with Crippen LogP contribution in [-0.4, -0.2) is 17.8 Å². The van der Waals surface area contributed by atoms with E-state index in [1.54, 1.807) is 6.07 Å². The van der Waals surface area contributed by atoms with Crippen molar-refractivity contribution in [2.45, 2.75) is 12.8 Å². The van der Waals surface area contributed by atoms with Gasteiger partial charge in [-0.05, 0) is 52.4 Å². The zero-order valence-electron chi connectivity index (χ0n) is 9.10. The first-order valence-corrected chi connectivity index (χ1v) is 7.27. The zero-order chi connectivity index (χ0) is 12.5. The summed E-state index contributed by atoms with van der Waals surface area (Å²) < 4.78 is 13.7. The Morgan fingerprint density at radius 1 is 1.47 bits per heavy atom. The number of benzene rings is 1. The molecule has 1 fully saturated rings. The minimum atomic E-state index is -0.403. The summed E-state index contributed by atoms with van der Waals surface area (Å²) in [6.07, 6.45) is 2.26. The van der Waals surface area contributed by atoms with E-state index in [4.69, 9.17) is 0 Å². The molecule has 1 aliphatic rings. The molecule has 0 heterocycles. The lowest BCUT2D eigenvalue weighted by Gasteiger charge is -2.13. The maximum Gasteiger partial charge on any atom is 0.252 e. The predicted octanol–water partition coefficient (Wildman–Crippen LogP) is 3.49. The van der Waals surface area contributed by atoms with Crippen molar-refractivity contribution in [1.29, 1.82) is 0 Å². The summed E-state index contributed by atoms with van der Waals surface area (Å²) in [7, 11) is 0. The Bertz CT molecular complexity index is 446. The quantitative estimate of drug-likeness (QED) is 0.814. The second-order valence-corrected chi connectivity index (χ2v) is 5.86. The number of rotatable bonds is 4. The normalized spacial score (nSPS) is 16.6. The molecule has 0 bridgehead atoms. The molecule has 5 heteroatoms. The third-order valence-corrected chi connectivity index (χ3v) is 4.92. The van der Waals surface area contributed by atoms with Crippen molar-refractivity contribution in [2.75, 3.05) is 11.9 Å². The van der Waals surface area contributed by atoms with E-state index in [1.807, 2.05) is 0 Å². The third kappa shape index (κ3) is 3.07. The maximum atomic E-state index is 13.1. The predicted molar refractivity (Wildman–Crippen MR) is 71.9 cm³/mol. The number of nitrogens with one attached hydrogen (secondary N) is 1. The molecule has 0 radical (unpaired) electrons. The van der Waals surface area contributed by atoms with Crippen molar-refractivity contribution in [3.8, 4) is 0 Å². The molecule has 0 atom stereocenters. The molecular formula is C12H12Br2FNO. The minimum absolute atomic E-state index is 0.218. The molecule has 0 spiro atoms. The Labute approximate surface area is 116 Å². The van der Waals surface area contributed by atoms with Gasteiger partial charge in [0.15, 0.2) is 0 Å². The number of carbonyl (C=O) groups excluding carboxylic acids is 1. The lowest BCUT2D eigenvalue weighted by molar-refractivity contribution is 0.0945. The first kappa shape index (κ1) is 13.0. The number of alkyl halides is 1. The average molecular weight is 365 g/mol. The first-order valence-electron chi connectivity index (χ1n) is 5.36. The summed E-state index contributed by atoms with van der Waals surface area (Å²) in [5.41, 5.74) is 0.561. The number of halogens is 3. The van der Waals surface area contributed by atoms with Gasteiger partial charge in [0.2, 0.25) is 0 Å². The largest absolute Gasteiger partial charge is 0.351 e. The maximum absolute atomic E-state index is 13.1. The molecule has 17 heavy (non-hydrogen) atoms. The van der Waals surface area contributed by atoms with Crippen LogP contribution in [0, 0.1) is 11.2 Å². The van der Waals surface area contributed by atoms with E-state index in [1.165, 1.54) is 12.1 Å². The number of hydrogen-bond acceptors (Lipinski definition) is 1. The topological polar surface area (TPSA) is 29.1 Å². The Hall–Kier alpha value is -0.420. The molecule has 1 N–H and O–H groups in total. The van der Waals surface area contributed by atoms with E-state index >= 15 is 0 Å². The minimum Gasteiger partial charge on any atom is -0.351 e. The highest BCUT2D eigenvalue weighted by atomic mass is 79.9. The Kier molecular flexibility index (Phi) is 3.88. The van der Waals surface area contributed by atoms with Gasteiger partial charge in [0.1, 0.15) is 5.82 Å². The standard InChI is InChI=1S/C12H12Br2FNO/c13-6-12(3-4-12)7-16-11(17)9-5-8(15)1-2-10(9)14/h1-2,5H,3-4,6-7H2,(H,16,17). The fourth-order valence-electron chi connectivity index (χ4n) is 1.57. The van der Waals surface area contributed by atoms with E-state index in [0.29, 0.717) is 16.6 Å². The highest BCUT2D eigenvalue weighted by Gasteiger charge is 2.41. The molecule has 0 aromatic heterocycles. The number of amides is 1. The van der Waals surface area contributed by atoms with Crippen LogP contribution in [0.3, 0.4) is 0 Å². The van der Waals surface area contributed by atoms with Gasteiger partial charge in [0.25, 0.3) is 5.91 Å². The molecule has 1 amide bonds. The van der Waals surface area contributed by atoms with Gasteiger partial charge in [-0.1, -0.05) is 15.9 Å². The molecule has 1 saturated carbocycles. The van der Waals surface area contributed by atoms with Crippen LogP contribution in [0.5, 0.6) is 0 Å². The summed E-state index contributed by atoms with van der Waals surface area (Å²) in [5.74, 6) is -0.636. The van der Waals surface area contributed by atoms with Crippen molar-refractivity contribution in [3.63, 3.8) is 0 Å². The number of hydrogen-bond donors (Lipinski definition) is 1. The van der Waals surface area contributed by atoms with Crippen molar-refractivity contribution in [2.24, 2.45) is 5.41 Å². The van der Waals surface area contributed by atoms with Crippen LogP contribution in [0.2, 0.25) is 0 Å². The van der Waals surface area contributed by atoms with Gasteiger partial charge in [0.05, 0.1) is 5.56 Å². The smallest absolute Gasteiger partial charge is 0.252 e. The van der Waals surface area contributed by atoms with Gasteiger partial charge in [-0.2, -0.15) is 0 Å². The van der Waals surface area contributed by atoms with E-state index in [2.05, 4.69) is 37.2 Å². The van der Waals surface area contributed by atoms with E-state index in [9.17, 15) is 9.18 Å². The van der Waals surface area contributed by atoms with E-state index in [-0.39, 0.29) is 11.3 Å². The molecule has 1 aromatic rings. The monoisotopic (exact) mass is 363 g/mol. The number of carbonyl (C=O) groups is 1. The Morgan fingerprint density at radius 3 is 2.76 bits per heavy atom. The summed E-state index contributed by atoms with van der Waals surface area (Å²) in [4.78, 5) is 11.9. The van der Waals surface area contributed by atoms with Crippen molar-refractivity contribution >= 4 is 37.8 Å². The first-order chi connectivity index (χ1) is 8.06. The van der Waals surface area contributed by atoms with E-state index < -0.39 is 5.82 Å². The van der Waals surface area contributed by atoms with Crippen LogP contribution in [0.15, 0.2) is 22.7 Å². The molecule has 0 aliphatic heterocycles. The van der Waals surface area contributed by atoms with E-state index in [0.717, 1.165) is 18.2 Å². The van der Waals surface area contributed by atoms with Crippen LogP contribution in [0.1, 0.15) is 23.2 Å². The average Bonchev–Trinajstić information content (AvgIpc) is 3.10. The van der Waals surface area contributed by atoms with Crippen molar-refractivity contribution in [1.82, 2.24) is 5.32 Å². The molecule has 2 nitrogen and oxygen atoms in total. The summed E-state index contributed by atoms with van der Waals surface area (Å²) in [6.45, 7) is 0.639. The molecule has 0 unspecified atom stereocenters. The van der Waals surface area contributed by atoms with Crippen LogP contribution in [0.25, 0.3) is 0 Å². The molecule has 1 aliphatic carbocycles. The highest BCUT2D eigenvalue weighted by Crippen LogP contribution is 2.46. The molecular weight excluding hydrogens is 353 g/mol. The fraction of sp³-hybridized carbons (Fsp3) is 0.417. The summed E-state index contributed by atoms with van der Waals surface area (Å²) in [5, 5.41) is 3.75. The second kappa shape index (κ2) is 5.06. The SMILES string of the molecule is O=C(NCC1(CBr)CC1)c1cc(F)ccc1Br. The summed E-state index contributed by atoms with van der Waals surface area (Å²) >= 11 is 6.69. The van der Waals surface area contributed by atoms with Crippen molar-refractivity contribution in [3.05, 3.63) is 34.1 Å². The van der Waals surface area contributed by atoms with Crippen LogP contribution >= 0.6 is 31.9 Å². The molecule has 0 saturated heterocycles. The fourth-order valence-corrected chi connectivity index (χ4v) is 2.75. The van der Waals surface area contributed by atoms with Gasteiger partial charge in [-0.3, -0.25) is 4.79 Å². The Morgan fingerprint density at radius 2 is 2.18 bits per heavy atom. The Balaban J connectivity index is 2.02. The van der Waals surface area contributed by atoms with Gasteiger partial charge >= 0.3 is 0 Å². The van der Waals surface area contributed by atoms with Gasteiger partial charge in [-0.25, -0.2) is 4.39 Å². The zero-order valence-corrected chi connectivity index (χ0v) is 12.3. The molecule has 92 valence electrons. The van der Waals surface area contributed by atoms with Gasteiger partial charge < -0.3 is 5.32 Å². The lowest BCUT2D eigenvalue weighted by Crippen LogP contribution is -2.31. The second-order valence-electron chi connectivity index (χ2n) is 4.44. The van der Waals surface area contributed by atoms with Crippen LogP contribution in [0.4, 0.5) is 4.39 Å². The third-order valence-electron chi connectivity index (χ3n) is 3.04. The molecule has 1 aromatic carbocycles. The van der Waals surface area contributed by atoms with Gasteiger partial charge in [-0.15, -0.1) is 0 Å². The van der Waals surface area contributed by atoms with Crippen LogP contribution in [-0.2, 0) is 0 Å². The highest BCUT2D eigenvalue weighted by molar-refractivity contribution is 9.10. The van der Waals surface area contributed by atoms with Gasteiger partial charge in [0, 0.05) is 16.3 Å². The van der Waals surface area contributed by atoms with Crippen LogP contribution < -0.4 is 5.32 Å². The summed E-state index contributed by atoms with van der Waals surface area (Å²) in [6, 6.07) is 4.11. The van der Waals surface area contributed by atoms with Crippen molar-refractivity contribution < 1.29 is 9.18 Å². The lowest BCUT2D eigenvalue weighted by atomic mass is 10.1. The molecule has 2 rings (SSSR count).